The number of hydrogen-bond acceptors (Lipinski definition) is 5. The summed E-state index contributed by atoms with van der Waals surface area (Å²) in [6.45, 7) is 3.69. The third kappa shape index (κ3) is 28.1. The zero-order chi connectivity index (χ0) is 28.5. The smallest absolute Gasteiger partial charge is 0.219 e. The van der Waals surface area contributed by atoms with E-state index in [4.69, 9.17) is 0 Å². The van der Waals surface area contributed by atoms with Crippen molar-refractivity contribution in [1.29, 1.82) is 0 Å². The Balaban J connectivity index is 3.47. The zero-order valence-corrected chi connectivity index (χ0v) is 25.7. The number of nitrogens with one attached hydrogen (secondary N) is 1. The number of carbonyl (C=O) groups excluding carboxylic acids is 1. The van der Waals surface area contributed by atoms with Gasteiger partial charge >= 0.3 is 0 Å². The highest BCUT2D eigenvalue weighted by atomic mass is 32.2. The molecule has 0 aliphatic heterocycles. The third-order valence-electron chi connectivity index (χ3n) is 7.03. The van der Waals surface area contributed by atoms with Crippen LogP contribution in [0.25, 0.3) is 0 Å². The van der Waals surface area contributed by atoms with Crippen molar-refractivity contribution in [3.05, 3.63) is 12.2 Å². The number of amides is 1. The van der Waals surface area contributed by atoms with Gasteiger partial charge in [0.05, 0.1) is 36.5 Å². The van der Waals surface area contributed by atoms with Crippen LogP contribution in [0.4, 0.5) is 0 Å². The molecule has 2 N–H and O–H groups in total. The summed E-state index contributed by atoms with van der Waals surface area (Å²) < 4.78 is 32.7. The monoisotopic (exact) mass is 560 g/mol. The summed E-state index contributed by atoms with van der Waals surface area (Å²) in [6, 6.07) is 0. The molecule has 0 aromatic rings. The van der Waals surface area contributed by atoms with Crippen LogP contribution in [0.5, 0.6) is 0 Å². The second-order valence-corrected chi connectivity index (χ2v) is 13.1. The molecule has 0 spiro atoms. The number of quaternary nitrogens is 1. The highest BCUT2D eigenvalue weighted by molar-refractivity contribution is 7.85. The minimum Gasteiger partial charge on any atom is -0.748 e. The van der Waals surface area contributed by atoms with Crippen molar-refractivity contribution in [3.8, 4) is 0 Å². The van der Waals surface area contributed by atoms with Crippen LogP contribution in [0.15, 0.2) is 12.2 Å². The largest absolute Gasteiger partial charge is 0.748 e. The quantitative estimate of drug-likeness (QED) is 0.0549. The Kier molecular flexibility index (Phi) is 23.3. The Bertz CT molecular complexity index is 695. The topological polar surface area (TPSA) is 107 Å². The molecule has 8 heteroatoms. The molecular weight excluding hydrogens is 500 g/mol. The molecule has 0 saturated heterocycles. The number of unbranched alkanes of at least 4 members (excludes halogenated alkanes) is 15. The fraction of sp³-hybridized carbons (Fsp3) is 0.900. The lowest BCUT2D eigenvalue weighted by Crippen LogP contribution is -2.48. The minimum atomic E-state index is -4.43. The molecule has 0 radical (unpaired) electrons. The van der Waals surface area contributed by atoms with Gasteiger partial charge in [-0.15, -0.1) is 0 Å². The van der Waals surface area contributed by atoms with Gasteiger partial charge in [-0.2, -0.15) is 0 Å². The lowest BCUT2D eigenvalue weighted by atomic mass is 10.1. The molecule has 0 bridgehead atoms. The molecular formula is C30H60N2O5S. The van der Waals surface area contributed by atoms with Crippen LogP contribution in [0.2, 0.25) is 0 Å². The molecule has 0 aromatic heterocycles. The summed E-state index contributed by atoms with van der Waals surface area (Å²) in [5, 5.41) is 12.7. The standard InChI is InChI=1S/C30H60N2O5S/c1-4-5-6-7-8-9-10-11-12-13-14-15-16-17-18-19-20-21-22-24-30(34)31-25-23-26-32(2,3)27-29(33)28-38(35,36)37/h11-12,29,33H,4-10,13-28H2,1-3H3,(H-,31,34,35,36,37). The van der Waals surface area contributed by atoms with Crippen LogP contribution in [-0.2, 0) is 14.9 Å². The summed E-state index contributed by atoms with van der Waals surface area (Å²) in [5.74, 6) is -0.684. The molecule has 1 atom stereocenters. The molecule has 38 heavy (non-hydrogen) atoms. The Labute approximate surface area is 235 Å². The molecule has 226 valence electrons. The Hall–Kier alpha value is -0.960. The molecule has 0 aromatic carbocycles. The van der Waals surface area contributed by atoms with Crippen LogP contribution >= 0.6 is 0 Å². The van der Waals surface area contributed by atoms with E-state index < -0.39 is 22.0 Å². The molecule has 7 nitrogen and oxygen atoms in total. The average molecular weight is 561 g/mol. The first-order chi connectivity index (χ1) is 18.1. The molecule has 0 aliphatic rings. The molecule has 0 fully saturated rings. The van der Waals surface area contributed by atoms with Gasteiger partial charge in [-0.3, -0.25) is 4.79 Å². The highest BCUT2D eigenvalue weighted by Crippen LogP contribution is 2.12. The fourth-order valence-electron chi connectivity index (χ4n) is 4.84. The number of allylic oxidation sites excluding steroid dienone is 2. The van der Waals surface area contributed by atoms with Crippen LogP contribution < -0.4 is 5.32 Å². The van der Waals surface area contributed by atoms with Gasteiger partial charge in [-0.25, -0.2) is 8.42 Å². The van der Waals surface area contributed by atoms with Crippen molar-refractivity contribution in [3.63, 3.8) is 0 Å². The van der Waals surface area contributed by atoms with Crippen molar-refractivity contribution in [1.82, 2.24) is 5.32 Å². The zero-order valence-electron chi connectivity index (χ0n) is 24.9. The van der Waals surface area contributed by atoms with Gasteiger partial charge in [0.15, 0.2) is 0 Å². The summed E-state index contributed by atoms with van der Waals surface area (Å²) in [6.07, 6.45) is 26.7. The maximum Gasteiger partial charge on any atom is 0.219 e. The molecule has 0 rings (SSSR count). The second-order valence-electron chi connectivity index (χ2n) is 11.7. The van der Waals surface area contributed by atoms with E-state index in [0.29, 0.717) is 24.0 Å². The van der Waals surface area contributed by atoms with E-state index in [-0.39, 0.29) is 12.5 Å². The SMILES string of the molecule is CCCCCCCCC=CCCCCCCCCCCCC(=O)NCCC[N+](C)(C)CC(O)CS(=O)(=O)[O-]. The lowest BCUT2D eigenvalue weighted by Gasteiger charge is -2.32. The first-order valence-electron chi connectivity index (χ1n) is 15.4. The van der Waals surface area contributed by atoms with E-state index in [0.717, 1.165) is 19.3 Å². The molecule has 1 unspecified atom stereocenters. The molecule has 0 heterocycles. The number of aliphatic hydroxyl groups excluding tert-OH is 1. The number of nitrogens with zero attached hydrogens (tertiary/aromatic N) is 1. The van der Waals surface area contributed by atoms with Gasteiger partial charge in [0.2, 0.25) is 5.91 Å². The Morgan fingerprint density at radius 1 is 0.816 bits per heavy atom. The summed E-state index contributed by atoms with van der Waals surface area (Å²) in [5.41, 5.74) is 0. The molecule has 0 saturated carbocycles. The van der Waals surface area contributed by atoms with Gasteiger partial charge in [0, 0.05) is 19.4 Å². The fourth-order valence-corrected chi connectivity index (χ4v) is 5.41. The van der Waals surface area contributed by atoms with Crippen molar-refractivity contribution in [2.75, 3.05) is 39.5 Å². The van der Waals surface area contributed by atoms with Gasteiger partial charge in [0.25, 0.3) is 0 Å². The van der Waals surface area contributed by atoms with E-state index >= 15 is 0 Å². The maximum atomic E-state index is 12.0. The average Bonchev–Trinajstić information content (AvgIpc) is 2.81. The van der Waals surface area contributed by atoms with Crippen LogP contribution in [0, 0.1) is 0 Å². The summed E-state index contributed by atoms with van der Waals surface area (Å²) >= 11 is 0. The van der Waals surface area contributed by atoms with Crippen LogP contribution in [0.1, 0.15) is 129 Å². The number of aliphatic hydroxyl groups is 1. The van der Waals surface area contributed by atoms with Crippen molar-refractivity contribution >= 4 is 16.0 Å². The van der Waals surface area contributed by atoms with Crippen molar-refractivity contribution in [2.45, 2.75) is 135 Å². The number of hydrogen-bond donors (Lipinski definition) is 2. The minimum absolute atomic E-state index is 0.0776. The van der Waals surface area contributed by atoms with Crippen molar-refractivity contribution < 1.29 is 27.4 Å². The number of carbonyl (C=O) groups is 1. The van der Waals surface area contributed by atoms with E-state index in [1.54, 1.807) is 0 Å². The first-order valence-corrected chi connectivity index (χ1v) is 17.0. The third-order valence-corrected chi connectivity index (χ3v) is 7.82. The van der Waals surface area contributed by atoms with E-state index in [1.807, 2.05) is 14.1 Å². The van der Waals surface area contributed by atoms with Crippen LogP contribution in [-0.4, -0.2) is 74.1 Å². The van der Waals surface area contributed by atoms with E-state index in [1.165, 1.54) is 96.3 Å². The van der Waals surface area contributed by atoms with Gasteiger partial charge in [-0.1, -0.05) is 96.1 Å². The predicted molar refractivity (Wildman–Crippen MR) is 158 cm³/mol. The predicted octanol–water partition coefficient (Wildman–Crippen LogP) is 6.07. The highest BCUT2D eigenvalue weighted by Gasteiger charge is 2.21. The number of rotatable bonds is 27. The first kappa shape index (κ1) is 37.0. The van der Waals surface area contributed by atoms with Crippen LogP contribution in [0.3, 0.4) is 0 Å². The van der Waals surface area contributed by atoms with Gasteiger partial charge in [-0.05, 0) is 32.1 Å². The maximum absolute atomic E-state index is 12.0. The second kappa shape index (κ2) is 23.9. The van der Waals surface area contributed by atoms with Gasteiger partial charge < -0.3 is 19.5 Å². The Morgan fingerprint density at radius 3 is 1.79 bits per heavy atom. The summed E-state index contributed by atoms with van der Waals surface area (Å²) in [7, 11) is -0.683. The Morgan fingerprint density at radius 2 is 1.29 bits per heavy atom. The molecule has 0 aliphatic carbocycles. The van der Waals surface area contributed by atoms with Gasteiger partial charge in [0.1, 0.15) is 12.6 Å². The van der Waals surface area contributed by atoms with E-state index in [9.17, 15) is 22.9 Å². The van der Waals surface area contributed by atoms with E-state index in [2.05, 4.69) is 24.4 Å². The molecule has 1 amide bonds. The number of likely N-dealkylation sites (N-methyl/N-ethyl adjacent to an activating group) is 1. The lowest BCUT2D eigenvalue weighted by molar-refractivity contribution is -0.893. The van der Waals surface area contributed by atoms with Crippen molar-refractivity contribution in [2.24, 2.45) is 0 Å². The summed E-state index contributed by atoms with van der Waals surface area (Å²) in [4.78, 5) is 12.0. The normalized spacial score (nSPS) is 13.3.